The van der Waals surface area contributed by atoms with Gasteiger partial charge in [0.15, 0.2) is 0 Å². The minimum Gasteiger partial charge on any atom is -0.0622 e. The van der Waals surface area contributed by atoms with Gasteiger partial charge in [-0.15, -0.1) is 0 Å². The van der Waals surface area contributed by atoms with E-state index < -0.39 is 0 Å². The molecule has 0 aliphatic carbocycles. The van der Waals surface area contributed by atoms with Gasteiger partial charge in [0, 0.05) is 0 Å². The Labute approximate surface area is 176 Å². The zero-order valence-corrected chi connectivity index (χ0v) is 16.5. The molecular weight excluding hydrogens is 360 g/mol. The summed E-state index contributed by atoms with van der Waals surface area (Å²) in [4.78, 5) is 0. The summed E-state index contributed by atoms with van der Waals surface area (Å²) in [5.74, 6) is 0. The van der Waals surface area contributed by atoms with E-state index in [0.29, 0.717) is 0 Å². The molecule has 0 saturated heterocycles. The maximum absolute atomic E-state index is 2.29. The molecule has 0 fully saturated rings. The first-order chi connectivity index (χ1) is 14.9. The number of hydrogen-bond donors (Lipinski definition) is 0. The highest BCUT2D eigenvalue weighted by molar-refractivity contribution is 6.20. The van der Waals surface area contributed by atoms with E-state index in [1.54, 1.807) is 0 Å². The zero-order valence-electron chi connectivity index (χ0n) is 16.5. The molecule has 0 radical (unpaired) electrons. The van der Waals surface area contributed by atoms with Gasteiger partial charge in [0.1, 0.15) is 0 Å². The Kier molecular flexibility index (Phi) is 3.89. The minimum absolute atomic E-state index is 1.26. The van der Waals surface area contributed by atoms with Crippen molar-refractivity contribution in [1.82, 2.24) is 0 Å². The van der Waals surface area contributed by atoms with Gasteiger partial charge in [-0.2, -0.15) is 0 Å². The quantitative estimate of drug-likeness (QED) is 0.264. The molecule has 6 rings (SSSR count). The van der Waals surface area contributed by atoms with Crippen LogP contribution in [-0.2, 0) is 0 Å². The van der Waals surface area contributed by atoms with Gasteiger partial charge in [0.05, 0.1) is 0 Å². The second-order valence-electron chi connectivity index (χ2n) is 7.76. The predicted molar refractivity (Wildman–Crippen MR) is 130 cm³/mol. The number of fused-ring (bicyclic) bond motifs is 5. The van der Waals surface area contributed by atoms with Crippen LogP contribution in [0.4, 0.5) is 0 Å². The van der Waals surface area contributed by atoms with Crippen molar-refractivity contribution in [1.29, 1.82) is 0 Å². The van der Waals surface area contributed by atoms with Gasteiger partial charge in [-0.05, 0) is 54.6 Å². The minimum atomic E-state index is 1.26. The van der Waals surface area contributed by atoms with Gasteiger partial charge in [0.25, 0.3) is 0 Å². The molecule has 0 aliphatic rings. The molecule has 6 aromatic rings. The lowest BCUT2D eigenvalue weighted by Gasteiger charge is -2.13. The fourth-order valence-corrected chi connectivity index (χ4v) is 4.68. The van der Waals surface area contributed by atoms with Crippen LogP contribution >= 0.6 is 0 Å². The van der Waals surface area contributed by atoms with E-state index in [2.05, 4.69) is 121 Å². The summed E-state index contributed by atoms with van der Waals surface area (Å²) in [5.41, 5.74) is 5.09. The van der Waals surface area contributed by atoms with Gasteiger partial charge in [0.2, 0.25) is 0 Å². The van der Waals surface area contributed by atoms with Crippen LogP contribution in [0.2, 0.25) is 0 Å². The van der Waals surface area contributed by atoms with E-state index >= 15 is 0 Å². The van der Waals surface area contributed by atoms with Crippen LogP contribution in [0.25, 0.3) is 54.6 Å². The molecule has 0 aliphatic heterocycles. The maximum Gasteiger partial charge on any atom is -0.00987 e. The molecule has 0 spiro atoms. The highest BCUT2D eigenvalue weighted by Crippen LogP contribution is 2.38. The Morgan fingerprint density at radius 1 is 0.233 bits per heavy atom. The molecular formula is C30H20. The molecule has 0 amide bonds. The molecule has 0 unspecified atom stereocenters. The molecule has 6 aromatic carbocycles. The summed E-state index contributed by atoms with van der Waals surface area (Å²) in [6.07, 6.45) is 0. The van der Waals surface area contributed by atoms with Gasteiger partial charge in [-0.1, -0.05) is 121 Å². The Morgan fingerprint density at radius 2 is 0.600 bits per heavy atom. The van der Waals surface area contributed by atoms with Crippen LogP contribution in [-0.4, -0.2) is 0 Å². The molecule has 140 valence electrons. The predicted octanol–water partition coefficient (Wildman–Crippen LogP) is 8.48. The fraction of sp³-hybridized carbons (Fsp3) is 0. The smallest absolute Gasteiger partial charge is 0.00987 e. The lowest BCUT2D eigenvalue weighted by molar-refractivity contribution is 1.65. The van der Waals surface area contributed by atoms with E-state index in [9.17, 15) is 0 Å². The number of rotatable bonds is 2. The summed E-state index contributed by atoms with van der Waals surface area (Å²) in [5, 5.41) is 7.83. The highest BCUT2D eigenvalue weighted by atomic mass is 14.1. The Balaban J connectivity index is 1.66. The lowest BCUT2D eigenvalue weighted by atomic mass is 9.91. The van der Waals surface area contributed by atoms with E-state index in [4.69, 9.17) is 0 Å². The van der Waals surface area contributed by atoms with Crippen LogP contribution in [0.5, 0.6) is 0 Å². The fourth-order valence-electron chi connectivity index (χ4n) is 4.68. The van der Waals surface area contributed by atoms with Crippen molar-refractivity contribution in [2.45, 2.75) is 0 Å². The van der Waals surface area contributed by atoms with Gasteiger partial charge in [-0.25, -0.2) is 0 Å². The maximum atomic E-state index is 2.29. The van der Waals surface area contributed by atoms with E-state index in [0.717, 1.165) is 0 Å². The van der Waals surface area contributed by atoms with E-state index in [1.807, 2.05) is 0 Å². The van der Waals surface area contributed by atoms with Crippen molar-refractivity contribution >= 4 is 32.3 Å². The van der Waals surface area contributed by atoms with Gasteiger partial charge < -0.3 is 0 Å². The van der Waals surface area contributed by atoms with Crippen molar-refractivity contribution in [3.8, 4) is 22.3 Å². The van der Waals surface area contributed by atoms with Crippen LogP contribution in [0.15, 0.2) is 121 Å². The first-order valence-electron chi connectivity index (χ1n) is 10.4. The summed E-state index contributed by atoms with van der Waals surface area (Å²) in [6.45, 7) is 0. The molecule has 0 aromatic heterocycles. The number of benzene rings is 6. The molecule has 0 nitrogen and oxygen atoms in total. The van der Waals surface area contributed by atoms with Gasteiger partial charge >= 0.3 is 0 Å². The molecule has 30 heavy (non-hydrogen) atoms. The third kappa shape index (κ3) is 2.62. The summed E-state index contributed by atoms with van der Waals surface area (Å²) in [6, 6.07) is 43.7. The van der Waals surface area contributed by atoms with Crippen molar-refractivity contribution in [3.63, 3.8) is 0 Å². The van der Waals surface area contributed by atoms with Crippen LogP contribution in [0, 0.1) is 0 Å². The highest BCUT2D eigenvalue weighted by Gasteiger charge is 2.10. The normalized spacial score (nSPS) is 11.3. The Morgan fingerprint density at radius 3 is 1.03 bits per heavy atom. The van der Waals surface area contributed by atoms with E-state index in [1.165, 1.54) is 54.6 Å². The monoisotopic (exact) mass is 380 g/mol. The first kappa shape index (κ1) is 17.0. The molecule has 0 N–H and O–H groups in total. The van der Waals surface area contributed by atoms with Crippen molar-refractivity contribution < 1.29 is 0 Å². The SMILES string of the molecule is c1ccc(-c2cccc3c2ccc2c4cccc(-c5ccccc5)c4ccc32)cc1. The van der Waals surface area contributed by atoms with Gasteiger partial charge in [-0.3, -0.25) is 0 Å². The van der Waals surface area contributed by atoms with E-state index in [-0.39, 0.29) is 0 Å². The molecule has 0 heterocycles. The second kappa shape index (κ2) is 6.86. The average Bonchev–Trinajstić information content (AvgIpc) is 2.84. The summed E-state index contributed by atoms with van der Waals surface area (Å²) >= 11 is 0. The van der Waals surface area contributed by atoms with Crippen LogP contribution in [0.1, 0.15) is 0 Å². The lowest BCUT2D eigenvalue weighted by Crippen LogP contribution is -1.86. The van der Waals surface area contributed by atoms with Crippen molar-refractivity contribution in [2.75, 3.05) is 0 Å². The summed E-state index contributed by atoms with van der Waals surface area (Å²) in [7, 11) is 0. The topological polar surface area (TPSA) is 0 Å². The van der Waals surface area contributed by atoms with Crippen molar-refractivity contribution in [2.24, 2.45) is 0 Å². The Bertz CT molecular complexity index is 1390. The third-order valence-corrected chi connectivity index (χ3v) is 6.09. The van der Waals surface area contributed by atoms with Crippen LogP contribution < -0.4 is 0 Å². The first-order valence-corrected chi connectivity index (χ1v) is 10.4. The molecule has 0 bridgehead atoms. The largest absolute Gasteiger partial charge is 0.0622 e. The van der Waals surface area contributed by atoms with Crippen LogP contribution in [0.3, 0.4) is 0 Å². The third-order valence-electron chi connectivity index (χ3n) is 6.09. The zero-order chi connectivity index (χ0) is 19.9. The molecule has 0 atom stereocenters. The average molecular weight is 380 g/mol. The molecule has 0 saturated carbocycles. The Hall–Kier alpha value is -3.90. The number of hydrogen-bond acceptors (Lipinski definition) is 0. The second-order valence-corrected chi connectivity index (χ2v) is 7.76. The summed E-state index contributed by atoms with van der Waals surface area (Å²) < 4.78 is 0. The molecule has 0 heteroatoms. The standard InChI is InChI=1S/C30H20/c1-3-9-21(10-4-1)23-13-7-15-25-27(23)17-19-30-26-16-8-14-24(22-11-5-2-6-12-22)28(26)18-20-29(25)30/h1-20H. The van der Waals surface area contributed by atoms with Crippen molar-refractivity contribution in [3.05, 3.63) is 121 Å².